The van der Waals surface area contributed by atoms with Crippen molar-refractivity contribution < 1.29 is 9.53 Å². The van der Waals surface area contributed by atoms with Crippen LogP contribution in [0.15, 0.2) is 73.0 Å². The summed E-state index contributed by atoms with van der Waals surface area (Å²) in [4.78, 5) is 15.4. The number of carbonyl (C=O) groups is 1. The van der Waals surface area contributed by atoms with Crippen molar-refractivity contribution in [3.8, 4) is 5.75 Å². The average molecular weight is 477 g/mol. The van der Waals surface area contributed by atoms with Crippen LogP contribution in [0.3, 0.4) is 0 Å². The van der Waals surface area contributed by atoms with Gasteiger partial charge in [-0.3, -0.25) is 4.79 Å². The third-order valence-corrected chi connectivity index (χ3v) is 5.92. The van der Waals surface area contributed by atoms with E-state index in [1.54, 1.807) is 7.11 Å². The first-order valence-corrected chi connectivity index (χ1v) is 13.2. The summed E-state index contributed by atoms with van der Waals surface area (Å²) in [6, 6.07) is 6.01. The van der Waals surface area contributed by atoms with Gasteiger partial charge < -0.3 is 15.0 Å². The number of allylic oxidation sites excluding steroid dienone is 8. The van der Waals surface area contributed by atoms with Crippen molar-refractivity contribution in [3.63, 3.8) is 0 Å². The number of hydrogen-bond donors (Lipinski definition) is 2. The predicted octanol–water partition coefficient (Wildman–Crippen LogP) is 7.98. The number of fused-ring (bicyclic) bond motifs is 1. The summed E-state index contributed by atoms with van der Waals surface area (Å²) >= 11 is 0. The molecule has 1 amide bonds. The van der Waals surface area contributed by atoms with Crippen molar-refractivity contribution in [3.05, 3.63) is 78.6 Å². The molecule has 0 aliphatic carbocycles. The Morgan fingerprint density at radius 3 is 2.23 bits per heavy atom. The van der Waals surface area contributed by atoms with Crippen molar-refractivity contribution in [2.75, 3.05) is 13.7 Å². The first-order valence-electron chi connectivity index (χ1n) is 13.2. The van der Waals surface area contributed by atoms with Crippen molar-refractivity contribution in [1.82, 2.24) is 10.3 Å². The summed E-state index contributed by atoms with van der Waals surface area (Å²) in [6.45, 7) is 2.89. The van der Waals surface area contributed by atoms with E-state index in [-0.39, 0.29) is 5.91 Å². The van der Waals surface area contributed by atoms with Gasteiger partial charge in [-0.25, -0.2) is 0 Å². The molecule has 35 heavy (non-hydrogen) atoms. The number of benzene rings is 1. The minimum absolute atomic E-state index is 0.123. The van der Waals surface area contributed by atoms with Crippen molar-refractivity contribution in [2.45, 2.75) is 77.6 Å². The van der Waals surface area contributed by atoms with E-state index in [4.69, 9.17) is 4.74 Å². The minimum atomic E-state index is 0.123. The van der Waals surface area contributed by atoms with E-state index in [2.05, 4.69) is 65.8 Å². The standard InChI is InChI=1S/C31H44N2O2/c1-3-4-5-6-7-8-9-10-11-12-13-14-15-16-17-18-19-20-31(34)32-24-23-27-26-33-30-22-21-28(35-2)25-29(27)30/h7-8,10-11,13-14,16-17,21-22,25-26,33H,3-6,9,12,15,18-20,23-24H2,1-2H3,(H,32,34)/b8-7-,11-10-,14-13-,17-16-. The molecule has 0 spiro atoms. The van der Waals surface area contributed by atoms with Gasteiger partial charge in [0.2, 0.25) is 5.91 Å². The lowest BCUT2D eigenvalue weighted by atomic mass is 10.1. The summed E-state index contributed by atoms with van der Waals surface area (Å²) in [7, 11) is 1.68. The van der Waals surface area contributed by atoms with Gasteiger partial charge in [-0.15, -0.1) is 0 Å². The van der Waals surface area contributed by atoms with Crippen molar-refractivity contribution in [1.29, 1.82) is 0 Å². The van der Waals surface area contributed by atoms with Crippen LogP contribution in [0.4, 0.5) is 0 Å². The summed E-state index contributed by atoms with van der Waals surface area (Å²) in [5.74, 6) is 0.970. The van der Waals surface area contributed by atoms with Crippen LogP contribution in [-0.2, 0) is 11.2 Å². The molecule has 1 aromatic carbocycles. The maximum atomic E-state index is 12.1. The Hall–Kier alpha value is -3.01. The van der Waals surface area contributed by atoms with Gasteiger partial charge in [-0.1, -0.05) is 68.4 Å². The molecular formula is C31H44N2O2. The number of hydrogen-bond acceptors (Lipinski definition) is 2. The molecule has 2 rings (SSSR count). The molecule has 0 aliphatic heterocycles. The fraction of sp³-hybridized carbons (Fsp3) is 0.452. The Bertz CT molecular complexity index is 966. The summed E-state index contributed by atoms with van der Waals surface area (Å²) in [6.07, 6.45) is 31.1. The maximum Gasteiger partial charge on any atom is 0.220 e. The molecule has 0 unspecified atom stereocenters. The molecule has 1 aromatic heterocycles. The van der Waals surface area contributed by atoms with Gasteiger partial charge in [-0.05, 0) is 75.1 Å². The van der Waals surface area contributed by atoms with E-state index in [1.807, 2.05) is 24.4 Å². The zero-order valence-corrected chi connectivity index (χ0v) is 21.7. The van der Waals surface area contributed by atoms with Crippen LogP contribution < -0.4 is 10.1 Å². The molecule has 0 atom stereocenters. The van der Waals surface area contributed by atoms with Crippen molar-refractivity contribution in [2.24, 2.45) is 0 Å². The highest BCUT2D eigenvalue weighted by Crippen LogP contribution is 2.23. The van der Waals surface area contributed by atoms with Gasteiger partial charge in [0.1, 0.15) is 5.75 Å². The molecule has 4 heteroatoms. The number of aromatic nitrogens is 1. The monoisotopic (exact) mass is 476 g/mol. The van der Waals surface area contributed by atoms with E-state index in [9.17, 15) is 4.79 Å². The van der Waals surface area contributed by atoms with Gasteiger partial charge in [0.05, 0.1) is 7.11 Å². The summed E-state index contributed by atoms with van der Waals surface area (Å²) in [5.41, 5.74) is 2.28. The lowest BCUT2D eigenvalue weighted by Crippen LogP contribution is -2.25. The highest BCUT2D eigenvalue weighted by molar-refractivity contribution is 5.84. The molecule has 0 saturated heterocycles. The van der Waals surface area contributed by atoms with Gasteiger partial charge >= 0.3 is 0 Å². The van der Waals surface area contributed by atoms with Crippen LogP contribution in [0.2, 0.25) is 0 Å². The van der Waals surface area contributed by atoms with Gasteiger partial charge in [-0.2, -0.15) is 0 Å². The average Bonchev–Trinajstić information content (AvgIpc) is 3.28. The Labute approximate surface area is 212 Å². The SMILES string of the molecule is CCCCC/C=C\C/C=C\C/C=C\C/C=C\CCCC(=O)NCCc1c[nH]c2ccc(OC)cc12. The van der Waals surface area contributed by atoms with Crippen LogP contribution in [-0.4, -0.2) is 24.5 Å². The zero-order valence-electron chi connectivity index (χ0n) is 21.7. The number of unbranched alkanes of at least 4 members (excludes halogenated alkanes) is 4. The molecule has 0 aliphatic rings. The topological polar surface area (TPSA) is 54.1 Å². The molecule has 190 valence electrons. The molecule has 4 nitrogen and oxygen atoms in total. The van der Waals surface area contributed by atoms with Gasteiger partial charge in [0.15, 0.2) is 0 Å². The van der Waals surface area contributed by atoms with E-state index >= 15 is 0 Å². The molecule has 0 saturated carbocycles. The van der Waals surface area contributed by atoms with Crippen molar-refractivity contribution >= 4 is 16.8 Å². The van der Waals surface area contributed by atoms with Crippen LogP contribution in [0, 0.1) is 0 Å². The Balaban J connectivity index is 1.47. The quantitative estimate of drug-likeness (QED) is 0.169. The molecule has 1 heterocycles. The minimum Gasteiger partial charge on any atom is -0.497 e. The number of rotatable bonds is 18. The highest BCUT2D eigenvalue weighted by Gasteiger charge is 2.06. The van der Waals surface area contributed by atoms with Gasteiger partial charge in [0, 0.05) is 30.1 Å². The smallest absolute Gasteiger partial charge is 0.220 e. The molecule has 0 bridgehead atoms. The normalized spacial score (nSPS) is 12.2. The number of amides is 1. The molecule has 2 aromatic rings. The predicted molar refractivity (Wildman–Crippen MR) is 150 cm³/mol. The van der Waals surface area contributed by atoms with Crippen LogP contribution in [0.5, 0.6) is 5.75 Å². The number of ether oxygens (including phenoxy) is 1. The van der Waals surface area contributed by atoms with Crippen LogP contribution in [0.1, 0.15) is 76.7 Å². The van der Waals surface area contributed by atoms with E-state index in [0.717, 1.165) is 55.2 Å². The zero-order chi connectivity index (χ0) is 25.0. The van der Waals surface area contributed by atoms with E-state index in [0.29, 0.717) is 13.0 Å². The maximum absolute atomic E-state index is 12.1. The number of aromatic amines is 1. The molecule has 2 N–H and O–H groups in total. The fourth-order valence-corrected chi connectivity index (χ4v) is 3.86. The van der Waals surface area contributed by atoms with Gasteiger partial charge in [0.25, 0.3) is 0 Å². The van der Waals surface area contributed by atoms with Crippen LogP contribution >= 0.6 is 0 Å². The number of carbonyl (C=O) groups excluding carboxylic acids is 1. The second-order valence-corrected chi connectivity index (χ2v) is 8.81. The fourth-order valence-electron chi connectivity index (χ4n) is 3.86. The third kappa shape index (κ3) is 12.3. The Morgan fingerprint density at radius 2 is 1.57 bits per heavy atom. The van der Waals surface area contributed by atoms with E-state index < -0.39 is 0 Å². The largest absolute Gasteiger partial charge is 0.497 e. The third-order valence-electron chi connectivity index (χ3n) is 5.92. The summed E-state index contributed by atoms with van der Waals surface area (Å²) < 4.78 is 5.32. The lowest BCUT2D eigenvalue weighted by Gasteiger charge is -2.05. The Kier molecular flexibility index (Phi) is 14.8. The highest BCUT2D eigenvalue weighted by atomic mass is 16.5. The van der Waals surface area contributed by atoms with Crippen LogP contribution in [0.25, 0.3) is 10.9 Å². The van der Waals surface area contributed by atoms with E-state index in [1.165, 1.54) is 31.2 Å². The molecule has 0 radical (unpaired) electrons. The molecular weight excluding hydrogens is 432 g/mol. The Morgan fingerprint density at radius 1 is 0.914 bits per heavy atom. The second kappa shape index (κ2) is 18.3. The second-order valence-electron chi connectivity index (χ2n) is 8.81. The summed E-state index contributed by atoms with van der Waals surface area (Å²) in [5, 5.41) is 4.19. The number of H-pyrrole nitrogens is 1. The molecule has 0 fully saturated rings. The number of methoxy groups -OCH3 is 1. The first kappa shape index (κ1) is 28.2. The lowest BCUT2D eigenvalue weighted by molar-refractivity contribution is -0.121. The number of nitrogens with one attached hydrogen (secondary N) is 2. The first-order chi connectivity index (χ1) is 17.2.